The first kappa shape index (κ1) is 14.3. The van der Waals surface area contributed by atoms with Crippen molar-refractivity contribution in [1.29, 1.82) is 0 Å². The van der Waals surface area contributed by atoms with Crippen LogP contribution in [0.2, 0.25) is 0 Å². The monoisotopic (exact) mass is 343 g/mol. The molecule has 1 unspecified atom stereocenters. The lowest BCUT2D eigenvalue weighted by Gasteiger charge is -2.20. The second-order valence-electron chi connectivity index (χ2n) is 4.57. The molecule has 6 heteroatoms. The standard InChI is InChI=1S/C13H15BrClN3O/c1-8(13(19)17(2)3)18-11-5-4-9(14)6-10(11)16-12(18)7-15/h4-6,8H,7H2,1-3H3. The van der Waals surface area contributed by atoms with Gasteiger partial charge in [-0.15, -0.1) is 11.6 Å². The molecule has 0 radical (unpaired) electrons. The lowest BCUT2D eigenvalue weighted by molar-refractivity contribution is -0.131. The molecule has 1 aromatic carbocycles. The van der Waals surface area contributed by atoms with E-state index in [2.05, 4.69) is 20.9 Å². The third-order valence-electron chi connectivity index (χ3n) is 3.03. The summed E-state index contributed by atoms with van der Waals surface area (Å²) in [4.78, 5) is 18.2. The van der Waals surface area contributed by atoms with E-state index >= 15 is 0 Å². The predicted octanol–water partition coefficient (Wildman–Crippen LogP) is 3.19. The third-order valence-corrected chi connectivity index (χ3v) is 3.76. The number of carbonyl (C=O) groups excluding carboxylic acids is 1. The number of nitrogens with zero attached hydrogens (tertiary/aromatic N) is 3. The van der Waals surface area contributed by atoms with Crippen LogP contribution in [-0.4, -0.2) is 34.5 Å². The highest BCUT2D eigenvalue weighted by molar-refractivity contribution is 9.10. The van der Waals surface area contributed by atoms with Crippen molar-refractivity contribution >= 4 is 44.5 Å². The Bertz CT molecular complexity index is 624. The fourth-order valence-corrected chi connectivity index (χ4v) is 2.67. The van der Waals surface area contributed by atoms with Gasteiger partial charge < -0.3 is 9.47 Å². The van der Waals surface area contributed by atoms with Crippen molar-refractivity contribution in [3.8, 4) is 0 Å². The van der Waals surface area contributed by atoms with Crippen LogP contribution < -0.4 is 0 Å². The van der Waals surface area contributed by atoms with Gasteiger partial charge in [0.15, 0.2) is 0 Å². The second-order valence-corrected chi connectivity index (χ2v) is 5.76. The van der Waals surface area contributed by atoms with Gasteiger partial charge in [-0.2, -0.15) is 0 Å². The van der Waals surface area contributed by atoms with Crippen LogP contribution >= 0.6 is 27.5 Å². The summed E-state index contributed by atoms with van der Waals surface area (Å²) in [7, 11) is 3.49. The molecular weight excluding hydrogens is 330 g/mol. The first-order valence-electron chi connectivity index (χ1n) is 5.89. The Kier molecular flexibility index (Phi) is 4.16. The molecule has 2 aromatic rings. The molecular formula is C13H15BrClN3O. The number of benzene rings is 1. The lowest BCUT2D eigenvalue weighted by atomic mass is 10.2. The van der Waals surface area contributed by atoms with Gasteiger partial charge >= 0.3 is 0 Å². The number of fused-ring (bicyclic) bond motifs is 1. The minimum absolute atomic E-state index is 0.0218. The lowest BCUT2D eigenvalue weighted by Crippen LogP contribution is -2.30. The van der Waals surface area contributed by atoms with Crippen LogP contribution in [0.25, 0.3) is 11.0 Å². The van der Waals surface area contributed by atoms with E-state index in [1.165, 1.54) is 0 Å². The van der Waals surface area contributed by atoms with Gasteiger partial charge in [-0.25, -0.2) is 4.98 Å². The molecule has 0 saturated heterocycles. The van der Waals surface area contributed by atoms with Crippen molar-refractivity contribution in [2.45, 2.75) is 18.8 Å². The average molecular weight is 345 g/mol. The minimum Gasteiger partial charge on any atom is -0.347 e. The van der Waals surface area contributed by atoms with Crippen LogP contribution in [-0.2, 0) is 10.7 Å². The van der Waals surface area contributed by atoms with E-state index in [4.69, 9.17) is 11.6 Å². The van der Waals surface area contributed by atoms with Crippen molar-refractivity contribution < 1.29 is 4.79 Å². The van der Waals surface area contributed by atoms with E-state index < -0.39 is 0 Å². The number of aromatic nitrogens is 2. The van der Waals surface area contributed by atoms with Gasteiger partial charge in [0.25, 0.3) is 0 Å². The summed E-state index contributed by atoms with van der Waals surface area (Å²) in [6, 6.07) is 5.48. The van der Waals surface area contributed by atoms with Gasteiger partial charge in [0, 0.05) is 18.6 Å². The predicted molar refractivity (Wildman–Crippen MR) is 80.4 cm³/mol. The first-order chi connectivity index (χ1) is 8.95. The fourth-order valence-electron chi connectivity index (χ4n) is 2.13. The van der Waals surface area contributed by atoms with Crippen LogP contribution in [0.3, 0.4) is 0 Å². The molecule has 0 spiro atoms. The normalized spacial score (nSPS) is 12.7. The molecule has 0 saturated carbocycles. The van der Waals surface area contributed by atoms with Gasteiger partial charge in [0.05, 0.1) is 16.9 Å². The van der Waals surface area contributed by atoms with Gasteiger partial charge in [0.1, 0.15) is 11.9 Å². The summed E-state index contributed by atoms with van der Waals surface area (Å²) >= 11 is 9.37. The molecule has 2 rings (SSSR count). The molecule has 1 atom stereocenters. The molecule has 1 heterocycles. The van der Waals surface area contributed by atoms with Crippen LogP contribution in [0.4, 0.5) is 0 Å². The Morgan fingerprint density at radius 3 is 2.79 bits per heavy atom. The highest BCUT2D eigenvalue weighted by atomic mass is 79.9. The third kappa shape index (κ3) is 2.62. The second kappa shape index (κ2) is 5.51. The molecule has 0 aliphatic heterocycles. The Hall–Kier alpha value is -1.07. The molecule has 0 fully saturated rings. The summed E-state index contributed by atoms with van der Waals surface area (Å²) in [5.41, 5.74) is 1.75. The molecule has 4 nitrogen and oxygen atoms in total. The number of halogens is 2. The molecule has 1 aromatic heterocycles. The molecule has 0 aliphatic carbocycles. The van der Waals surface area contributed by atoms with Crippen molar-refractivity contribution in [2.75, 3.05) is 14.1 Å². The largest absolute Gasteiger partial charge is 0.347 e. The summed E-state index contributed by atoms with van der Waals surface area (Å²) < 4.78 is 2.86. The van der Waals surface area contributed by atoms with Crippen LogP contribution in [0.5, 0.6) is 0 Å². The number of hydrogen-bond donors (Lipinski definition) is 0. The van der Waals surface area contributed by atoms with Crippen LogP contribution in [0.15, 0.2) is 22.7 Å². The average Bonchev–Trinajstić information content (AvgIpc) is 2.74. The Morgan fingerprint density at radius 2 is 2.21 bits per heavy atom. The van der Waals surface area contributed by atoms with Gasteiger partial charge in [-0.3, -0.25) is 4.79 Å². The topological polar surface area (TPSA) is 38.1 Å². The smallest absolute Gasteiger partial charge is 0.244 e. The Balaban J connectivity index is 2.60. The van der Waals surface area contributed by atoms with E-state index in [1.807, 2.05) is 29.7 Å². The number of hydrogen-bond acceptors (Lipinski definition) is 2. The quantitative estimate of drug-likeness (QED) is 0.802. The minimum atomic E-state index is -0.324. The molecule has 0 bridgehead atoms. The number of likely N-dealkylation sites (N-methyl/N-ethyl adjacent to an activating group) is 1. The maximum absolute atomic E-state index is 12.1. The molecule has 1 amide bonds. The van der Waals surface area contributed by atoms with E-state index in [0.29, 0.717) is 5.82 Å². The van der Waals surface area contributed by atoms with Crippen molar-refractivity contribution in [3.05, 3.63) is 28.5 Å². The van der Waals surface area contributed by atoms with Gasteiger partial charge in [-0.05, 0) is 25.1 Å². The zero-order chi connectivity index (χ0) is 14.2. The number of alkyl halides is 1. The summed E-state index contributed by atoms with van der Waals surface area (Å²) in [6.07, 6.45) is 0. The Labute approximate surface area is 125 Å². The van der Waals surface area contributed by atoms with Crippen molar-refractivity contribution in [1.82, 2.24) is 14.5 Å². The van der Waals surface area contributed by atoms with E-state index in [1.54, 1.807) is 19.0 Å². The summed E-state index contributed by atoms with van der Waals surface area (Å²) in [5.74, 6) is 1.00. The summed E-state index contributed by atoms with van der Waals surface area (Å²) in [6.45, 7) is 1.86. The molecule has 19 heavy (non-hydrogen) atoms. The molecule has 0 N–H and O–H groups in total. The summed E-state index contributed by atoms with van der Waals surface area (Å²) in [5, 5.41) is 0. The fraction of sp³-hybridized carbons (Fsp3) is 0.385. The zero-order valence-electron chi connectivity index (χ0n) is 11.0. The van der Waals surface area contributed by atoms with Crippen LogP contribution in [0.1, 0.15) is 18.8 Å². The van der Waals surface area contributed by atoms with E-state index in [0.717, 1.165) is 15.5 Å². The molecule has 102 valence electrons. The van der Waals surface area contributed by atoms with Crippen LogP contribution in [0, 0.1) is 0 Å². The number of rotatable bonds is 3. The first-order valence-corrected chi connectivity index (χ1v) is 7.22. The number of amides is 1. The van der Waals surface area contributed by atoms with Crippen molar-refractivity contribution in [3.63, 3.8) is 0 Å². The van der Waals surface area contributed by atoms with Gasteiger partial charge in [-0.1, -0.05) is 15.9 Å². The number of carbonyl (C=O) groups is 1. The SMILES string of the molecule is CC(C(=O)N(C)C)n1c(CCl)nc2cc(Br)ccc21. The Morgan fingerprint density at radius 1 is 1.53 bits per heavy atom. The van der Waals surface area contributed by atoms with E-state index in [9.17, 15) is 4.79 Å². The highest BCUT2D eigenvalue weighted by Gasteiger charge is 2.22. The maximum Gasteiger partial charge on any atom is 0.244 e. The van der Waals surface area contributed by atoms with Crippen molar-refractivity contribution in [2.24, 2.45) is 0 Å². The zero-order valence-corrected chi connectivity index (χ0v) is 13.4. The van der Waals surface area contributed by atoms with Gasteiger partial charge in [0.2, 0.25) is 5.91 Å². The van der Waals surface area contributed by atoms with E-state index in [-0.39, 0.29) is 17.8 Å². The highest BCUT2D eigenvalue weighted by Crippen LogP contribution is 2.25. The molecule has 0 aliphatic rings. The number of imidazole rings is 1. The maximum atomic E-state index is 12.1.